The van der Waals surface area contributed by atoms with Gasteiger partial charge in [0.05, 0.1) is 6.42 Å². The fraction of sp³-hybridized carbons (Fsp3) is 0.500. The molecule has 1 N–H and O–H groups in total. The van der Waals surface area contributed by atoms with Gasteiger partial charge in [-0.1, -0.05) is 0 Å². The maximum Gasteiger partial charge on any atom is 0.307 e. The third-order valence-corrected chi connectivity index (χ3v) is 2.25. The zero-order valence-corrected chi connectivity index (χ0v) is 11.4. The Balaban J connectivity index is 2.31. The first kappa shape index (κ1) is 15.6. The Kier molecular flexibility index (Phi) is 5.42. The topological polar surface area (TPSA) is 38.3 Å². The molecule has 0 atom stereocenters. The van der Waals surface area contributed by atoms with Crippen LogP contribution in [0.3, 0.4) is 0 Å². The Morgan fingerprint density at radius 1 is 1.32 bits per heavy atom. The molecule has 0 aliphatic carbocycles. The molecule has 0 saturated heterocycles. The van der Waals surface area contributed by atoms with Crippen molar-refractivity contribution in [1.82, 2.24) is 5.32 Å². The first-order valence-electron chi connectivity index (χ1n) is 6.14. The van der Waals surface area contributed by atoms with Gasteiger partial charge in [0.15, 0.2) is 0 Å². The van der Waals surface area contributed by atoms with Crippen LogP contribution in [-0.2, 0) is 16.1 Å². The van der Waals surface area contributed by atoms with Crippen molar-refractivity contribution in [3.05, 3.63) is 35.4 Å². The molecule has 0 radical (unpaired) electrons. The minimum atomic E-state index is -0.508. The van der Waals surface area contributed by atoms with Crippen LogP contribution in [0.4, 0.5) is 8.78 Å². The number of carbonyl (C=O) groups excluding carboxylic acids is 1. The van der Waals surface area contributed by atoms with Crippen LogP contribution in [0.1, 0.15) is 32.8 Å². The molecule has 3 nitrogen and oxygen atoms in total. The normalized spacial score (nSPS) is 11.4. The lowest BCUT2D eigenvalue weighted by Gasteiger charge is -2.19. The third-order valence-electron chi connectivity index (χ3n) is 2.25. The zero-order chi connectivity index (χ0) is 14.5. The number of rotatable bonds is 5. The van der Waals surface area contributed by atoms with E-state index < -0.39 is 17.2 Å². The van der Waals surface area contributed by atoms with Gasteiger partial charge in [0.2, 0.25) is 0 Å². The van der Waals surface area contributed by atoms with Gasteiger partial charge in [-0.25, -0.2) is 8.78 Å². The highest BCUT2D eigenvalue weighted by molar-refractivity contribution is 5.70. The lowest BCUT2D eigenvalue weighted by Crippen LogP contribution is -2.26. The number of ether oxygens (including phenoxy) is 1. The Morgan fingerprint density at radius 2 is 2.00 bits per heavy atom. The number of halogens is 2. The average molecular weight is 271 g/mol. The summed E-state index contributed by atoms with van der Waals surface area (Å²) in [5.74, 6) is -1.27. The summed E-state index contributed by atoms with van der Waals surface area (Å²) in [4.78, 5) is 11.4. The summed E-state index contributed by atoms with van der Waals surface area (Å²) in [6, 6.07) is 3.29. The molecule has 1 rings (SSSR count). The van der Waals surface area contributed by atoms with Crippen molar-refractivity contribution in [2.75, 3.05) is 6.54 Å². The van der Waals surface area contributed by atoms with Crippen LogP contribution in [0.25, 0.3) is 0 Å². The van der Waals surface area contributed by atoms with E-state index in [0.29, 0.717) is 6.54 Å². The Hall–Kier alpha value is -1.49. The van der Waals surface area contributed by atoms with Gasteiger partial charge in [0.1, 0.15) is 17.2 Å². The first-order chi connectivity index (χ1) is 8.78. The molecule has 0 saturated carbocycles. The standard InChI is InChI=1S/C14H19F2NO2/c1-14(2,3)19-13(18)6-7-17-9-10-8-11(15)4-5-12(10)16/h4-5,8,17H,6-7,9H2,1-3H3. The van der Waals surface area contributed by atoms with E-state index in [1.165, 1.54) is 0 Å². The molecule has 0 aliphatic rings. The van der Waals surface area contributed by atoms with Gasteiger partial charge in [-0.15, -0.1) is 0 Å². The Morgan fingerprint density at radius 3 is 2.63 bits per heavy atom. The van der Waals surface area contributed by atoms with Gasteiger partial charge in [-0.2, -0.15) is 0 Å². The molecule has 1 aromatic rings. The maximum atomic E-state index is 13.3. The highest BCUT2D eigenvalue weighted by Crippen LogP contribution is 2.10. The minimum Gasteiger partial charge on any atom is -0.460 e. The molecule has 5 heteroatoms. The molecule has 0 fully saturated rings. The van der Waals surface area contributed by atoms with Gasteiger partial charge >= 0.3 is 5.97 Å². The van der Waals surface area contributed by atoms with Crippen molar-refractivity contribution >= 4 is 5.97 Å². The van der Waals surface area contributed by atoms with Gasteiger partial charge < -0.3 is 10.1 Å². The summed E-state index contributed by atoms with van der Waals surface area (Å²) in [5, 5.41) is 2.88. The number of hydrogen-bond acceptors (Lipinski definition) is 3. The van der Waals surface area contributed by atoms with Crippen molar-refractivity contribution in [3.63, 3.8) is 0 Å². The van der Waals surface area contributed by atoms with Gasteiger partial charge in [0, 0.05) is 18.7 Å². The minimum absolute atomic E-state index is 0.173. The van der Waals surface area contributed by atoms with Crippen molar-refractivity contribution in [1.29, 1.82) is 0 Å². The fourth-order valence-electron chi connectivity index (χ4n) is 1.48. The van der Waals surface area contributed by atoms with E-state index in [9.17, 15) is 13.6 Å². The summed E-state index contributed by atoms with van der Waals surface area (Å²) in [5.41, 5.74) is -0.268. The molecule has 19 heavy (non-hydrogen) atoms. The van der Waals surface area contributed by atoms with E-state index in [4.69, 9.17) is 4.74 Å². The smallest absolute Gasteiger partial charge is 0.307 e. The van der Waals surface area contributed by atoms with E-state index in [1.807, 2.05) is 0 Å². The van der Waals surface area contributed by atoms with Gasteiger partial charge in [-0.3, -0.25) is 4.79 Å². The first-order valence-corrected chi connectivity index (χ1v) is 6.14. The van der Waals surface area contributed by atoms with Crippen molar-refractivity contribution in [2.45, 2.75) is 39.3 Å². The summed E-state index contributed by atoms with van der Waals surface area (Å²) in [6.45, 7) is 5.90. The van der Waals surface area contributed by atoms with Crippen molar-refractivity contribution < 1.29 is 18.3 Å². The van der Waals surface area contributed by atoms with Crippen LogP contribution in [0, 0.1) is 11.6 Å². The van der Waals surface area contributed by atoms with Crippen LogP contribution in [0.15, 0.2) is 18.2 Å². The van der Waals surface area contributed by atoms with Crippen LogP contribution < -0.4 is 5.32 Å². The lowest BCUT2D eigenvalue weighted by molar-refractivity contribution is -0.154. The van der Waals surface area contributed by atoms with Gasteiger partial charge in [-0.05, 0) is 39.0 Å². The summed E-state index contributed by atoms with van der Waals surface area (Å²) < 4.78 is 31.3. The molecule has 0 aromatic heterocycles. The molecule has 0 spiro atoms. The Labute approximate surface area is 112 Å². The second kappa shape index (κ2) is 6.61. The predicted octanol–water partition coefficient (Wildman–Crippen LogP) is 2.79. The number of nitrogens with one attached hydrogen (secondary N) is 1. The zero-order valence-electron chi connectivity index (χ0n) is 11.4. The second-order valence-electron chi connectivity index (χ2n) is 5.25. The summed E-state index contributed by atoms with van der Waals surface area (Å²) in [7, 11) is 0. The highest BCUT2D eigenvalue weighted by atomic mass is 19.1. The fourth-order valence-corrected chi connectivity index (χ4v) is 1.48. The number of benzene rings is 1. The van der Waals surface area contributed by atoms with E-state index in [0.717, 1.165) is 18.2 Å². The molecule has 1 aromatic carbocycles. The molecule has 0 amide bonds. The quantitative estimate of drug-likeness (QED) is 0.661. The maximum absolute atomic E-state index is 13.3. The van der Waals surface area contributed by atoms with E-state index in [2.05, 4.69) is 5.32 Å². The second-order valence-corrected chi connectivity index (χ2v) is 5.25. The van der Waals surface area contributed by atoms with Crippen molar-refractivity contribution in [2.24, 2.45) is 0 Å². The molecule has 0 unspecified atom stereocenters. The van der Waals surface area contributed by atoms with Crippen LogP contribution in [0.5, 0.6) is 0 Å². The predicted molar refractivity (Wildman–Crippen MR) is 68.5 cm³/mol. The van der Waals surface area contributed by atoms with Gasteiger partial charge in [0.25, 0.3) is 0 Å². The number of esters is 1. The lowest BCUT2D eigenvalue weighted by atomic mass is 10.2. The van der Waals surface area contributed by atoms with Crippen LogP contribution >= 0.6 is 0 Å². The highest BCUT2D eigenvalue weighted by Gasteiger charge is 2.15. The third kappa shape index (κ3) is 6.29. The molecule has 0 bridgehead atoms. The summed E-state index contributed by atoms with van der Waals surface area (Å²) >= 11 is 0. The molecule has 106 valence electrons. The Bertz CT molecular complexity index is 442. The monoisotopic (exact) mass is 271 g/mol. The van der Waals surface area contributed by atoms with E-state index >= 15 is 0 Å². The van der Waals surface area contributed by atoms with E-state index in [1.54, 1.807) is 20.8 Å². The van der Waals surface area contributed by atoms with Crippen molar-refractivity contribution in [3.8, 4) is 0 Å². The molecular weight excluding hydrogens is 252 g/mol. The average Bonchev–Trinajstić information content (AvgIpc) is 2.26. The van der Waals surface area contributed by atoms with E-state index in [-0.39, 0.29) is 24.5 Å². The SMILES string of the molecule is CC(C)(C)OC(=O)CCNCc1cc(F)ccc1F. The number of carbonyl (C=O) groups is 1. The number of hydrogen-bond donors (Lipinski definition) is 1. The molecule has 0 heterocycles. The summed E-state index contributed by atoms with van der Waals surface area (Å²) in [6.07, 6.45) is 0.189. The molecule has 0 aliphatic heterocycles. The largest absolute Gasteiger partial charge is 0.460 e. The molecular formula is C14H19F2NO2. The van der Waals surface area contributed by atoms with Crippen LogP contribution in [-0.4, -0.2) is 18.1 Å². The van der Waals surface area contributed by atoms with Crippen LogP contribution in [0.2, 0.25) is 0 Å².